The number of hydrogen-bond acceptors (Lipinski definition) is 7. The topological polar surface area (TPSA) is 61.3 Å². The summed E-state index contributed by atoms with van der Waals surface area (Å²) in [5.74, 6) is 3.73. The van der Waals surface area contributed by atoms with E-state index in [0.29, 0.717) is 11.6 Å². The van der Waals surface area contributed by atoms with Gasteiger partial charge in [-0.3, -0.25) is 14.7 Å². The molecule has 0 spiro atoms. The van der Waals surface area contributed by atoms with Crippen LogP contribution in [0.25, 0.3) is 0 Å². The zero-order chi connectivity index (χ0) is 35.5. The summed E-state index contributed by atoms with van der Waals surface area (Å²) in [6.45, 7) is 12.6. The van der Waals surface area contributed by atoms with Crippen LogP contribution in [0.5, 0.6) is 0 Å². The second kappa shape index (κ2) is 14.3. The molecular formula is C44H41N7. The average molecular weight is 668 g/mol. The van der Waals surface area contributed by atoms with Crippen LogP contribution in [0.1, 0.15) is 33.4 Å². The molecule has 7 heteroatoms. The van der Waals surface area contributed by atoms with Crippen LogP contribution in [0.3, 0.4) is 0 Å². The van der Waals surface area contributed by atoms with Crippen LogP contribution >= 0.6 is 0 Å². The molecule has 0 saturated carbocycles. The third-order valence-electron chi connectivity index (χ3n) is 8.67. The SMILES string of the molecule is Cc1cccc(N(c2cc(N(c3cccc(C)c3)c3cc(C)ccn3)nc(N(c3cccc(C)c3)c3cc(C)ccn3)c2)c2cc(C)ccn2)c1. The Morgan fingerprint density at radius 2 is 0.647 bits per heavy atom. The predicted molar refractivity (Wildman–Crippen MR) is 210 cm³/mol. The number of pyridine rings is 4. The zero-order valence-corrected chi connectivity index (χ0v) is 29.9. The number of rotatable bonds is 9. The van der Waals surface area contributed by atoms with Crippen molar-refractivity contribution in [2.75, 3.05) is 14.7 Å². The van der Waals surface area contributed by atoms with Gasteiger partial charge in [0.2, 0.25) is 0 Å². The molecule has 7 rings (SSSR count). The predicted octanol–water partition coefficient (Wildman–Crippen LogP) is 11.5. The third kappa shape index (κ3) is 7.33. The second-order valence-corrected chi connectivity index (χ2v) is 13.1. The lowest BCUT2D eigenvalue weighted by molar-refractivity contribution is 1.07. The van der Waals surface area contributed by atoms with Crippen molar-refractivity contribution in [3.63, 3.8) is 0 Å². The number of anilines is 9. The van der Waals surface area contributed by atoms with Crippen LogP contribution in [0, 0.1) is 41.5 Å². The van der Waals surface area contributed by atoms with Crippen LogP contribution in [-0.4, -0.2) is 19.9 Å². The highest BCUT2D eigenvalue weighted by Crippen LogP contribution is 2.43. The fraction of sp³-hybridized carbons (Fsp3) is 0.136. The van der Waals surface area contributed by atoms with Crippen molar-refractivity contribution in [3.05, 3.63) is 173 Å². The van der Waals surface area contributed by atoms with Gasteiger partial charge in [0.25, 0.3) is 0 Å². The first-order chi connectivity index (χ1) is 24.7. The summed E-state index contributed by atoms with van der Waals surface area (Å²) in [5, 5.41) is 0. The van der Waals surface area contributed by atoms with E-state index in [0.717, 1.165) is 73.6 Å². The highest BCUT2D eigenvalue weighted by Gasteiger charge is 2.25. The molecule has 51 heavy (non-hydrogen) atoms. The van der Waals surface area contributed by atoms with Crippen molar-refractivity contribution < 1.29 is 0 Å². The molecule has 0 N–H and O–H groups in total. The van der Waals surface area contributed by atoms with E-state index in [1.807, 2.05) is 36.8 Å². The third-order valence-corrected chi connectivity index (χ3v) is 8.67. The minimum atomic E-state index is 0.696. The Kier molecular flexibility index (Phi) is 9.27. The molecule has 0 aliphatic carbocycles. The Morgan fingerprint density at radius 1 is 0.314 bits per heavy atom. The summed E-state index contributed by atoms with van der Waals surface area (Å²) in [7, 11) is 0. The van der Waals surface area contributed by atoms with Crippen molar-refractivity contribution in [1.82, 2.24) is 19.9 Å². The zero-order valence-electron chi connectivity index (χ0n) is 29.9. The van der Waals surface area contributed by atoms with Crippen LogP contribution in [-0.2, 0) is 0 Å². The minimum absolute atomic E-state index is 0.696. The van der Waals surface area contributed by atoms with E-state index in [1.54, 1.807) is 0 Å². The van der Waals surface area contributed by atoms with Crippen molar-refractivity contribution in [1.29, 1.82) is 0 Å². The van der Waals surface area contributed by atoms with Gasteiger partial charge in [-0.05, 0) is 148 Å². The van der Waals surface area contributed by atoms with Gasteiger partial charge in [-0.25, -0.2) is 19.9 Å². The van der Waals surface area contributed by atoms with Crippen LogP contribution in [0.4, 0.5) is 51.8 Å². The molecule has 0 bridgehead atoms. The Labute approximate surface area is 300 Å². The molecule has 4 aromatic heterocycles. The van der Waals surface area contributed by atoms with Gasteiger partial charge in [0.05, 0.1) is 5.69 Å². The maximum atomic E-state index is 5.49. The van der Waals surface area contributed by atoms with Crippen molar-refractivity contribution in [3.8, 4) is 0 Å². The van der Waals surface area contributed by atoms with E-state index in [9.17, 15) is 0 Å². The Bertz CT molecular complexity index is 1920. The number of aromatic nitrogens is 4. The Morgan fingerprint density at radius 3 is 1.00 bits per heavy atom. The lowest BCUT2D eigenvalue weighted by Crippen LogP contribution is -2.19. The van der Waals surface area contributed by atoms with E-state index >= 15 is 0 Å². The van der Waals surface area contributed by atoms with Crippen molar-refractivity contribution >= 4 is 51.8 Å². The molecule has 7 aromatic rings. The summed E-state index contributed by atoms with van der Waals surface area (Å²) in [6, 6.07) is 42.0. The molecular weight excluding hydrogens is 627 g/mol. The summed E-state index contributed by atoms with van der Waals surface area (Å²) in [5.41, 5.74) is 10.5. The standard InChI is InChI=1S/C44H41N7/c1-30-10-7-13-36(22-30)49(40-25-33(4)16-19-45-40)39-28-43(50(37-14-8-11-31(2)23-37)41-26-34(5)17-20-46-41)48-44(29-39)51(38-15-9-12-32(3)24-38)42-27-35(6)18-21-47-42/h7-29H,1-6H3. The molecule has 0 atom stereocenters. The Balaban J connectivity index is 1.57. The Hall–Kier alpha value is -6.34. The summed E-state index contributed by atoms with van der Waals surface area (Å²) < 4.78 is 0. The maximum absolute atomic E-state index is 5.49. The van der Waals surface area contributed by atoms with Crippen LogP contribution < -0.4 is 14.7 Å². The van der Waals surface area contributed by atoms with Gasteiger partial charge in [0, 0.05) is 47.8 Å². The molecule has 0 saturated heterocycles. The van der Waals surface area contributed by atoms with Gasteiger partial charge in [-0.15, -0.1) is 0 Å². The first-order valence-electron chi connectivity index (χ1n) is 17.1. The van der Waals surface area contributed by atoms with Gasteiger partial charge in [-0.2, -0.15) is 0 Å². The van der Waals surface area contributed by atoms with Gasteiger partial charge < -0.3 is 0 Å². The summed E-state index contributed by atoms with van der Waals surface area (Å²) >= 11 is 0. The van der Waals surface area contributed by atoms with Gasteiger partial charge >= 0.3 is 0 Å². The highest BCUT2D eigenvalue weighted by molar-refractivity contribution is 5.84. The number of nitrogens with zero attached hydrogens (tertiary/aromatic N) is 7. The van der Waals surface area contributed by atoms with E-state index in [4.69, 9.17) is 19.9 Å². The second-order valence-electron chi connectivity index (χ2n) is 13.1. The number of hydrogen-bond donors (Lipinski definition) is 0. The first kappa shape index (κ1) is 33.2. The lowest BCUT2D eigenvalue weighted by atomic mass is 10.1. The molecule has 4 heterocycles. The molecule has 0 aliphatic rings. The molecule has 0 radical (unpaired) electrons. The van der Waals surface area contributed by atoms with Crippen molar-refractivity contribution in [2.24, 2.45) is 0 Å². The molecule has 0 fully saturated rings. The molecule has 252 valence electrons. The van der Waals surface area contributed by atoms with E-state index in [-0.39, 0.29) is 0 Å². The van der Waals surface area contributed by atoms with Gasteiger partial charge in [-0.1, -0.05) is 36.4 Å². The lowest BCUT2D eigenvalue weighted by Gasteiger charge is -2.31. The van der Waals surface area contributed by atoms with Crippen molar-refractivity contribution in [2.45, 2.75) is 41.5 Å². The maximum Gasteiger partial charge on any atom is 0.143 e. The first-order valence-corrected chi connectivity index (χ1v) is 17.1. The fourth-order valence-corrected chi connectivity index (χ4v) is 6.25. The number of benzene rings is 3. The monoisotopic (exact) mass is 667 g/mol. The minimum Gasteiger partial charge on any atom is -0.295 e. The molecule has 3 aromatic carbocycles. The largest absolute Gasteiger partial charge is 0.295 e. The van der Waals surface area contributed by atoms with E-state index in [2.05, 4.69) is 159 Å². The van der Waals surface area contributed by atoms with E-state index < -0.39 is 0 Å². The molecule has 0 unspecified atom stereocenters. The highest BCUT2D eigenvalue weighted by atomic mass is 15.3. The van der Waals surface area contributed by atoms with Crippen LogP contribution in [0.15, 0.2) is 140 Å². The summed E-state index contributed by atoms with van der Waals surface area (Å²) in [4.78, 5) is 26.6. The van der Waals surface area contributed by atoms with E-state index in [1.165, 1.54) is 0 Å². The van der Waals surface area contributed by atoms with Gasteiger partial charge in [0.15, 0.2) is 0 Å². The van der Waals surface area contributed by atoms with Gasteiger partial charge in [0.1, 0.15) is 29.1 Å². The molecule has 7 nitrogen and oxygen atoms in total. The smallest absolute Gasteiger partial charge is 0.143 e. The molecule has 0 aliphatic heterocycles. The molecule has 0 amide bonds. The fourth-order valence-electron chi connectivity index (χ4n) is 6.25. The summed E-state index contributed by atoms with van der Waals surface area (Å²) in [6.07, 6.45) is 5.56. The quantitative estimate of drug-likeness (QED) is 0.152. The van der Waals surface area contributed by atoms with Crippen LogP contribution in [0.2, 0.25) is 0 Å². The number of aryl methyl sites for hydroxylation is 6. The average Bonchev–Trinajstić information content (AvgIpc) is 3.09. The normalized spacial score (nSPS) is 10.9.